The number of aromatic nitrogens is 2. The number of hydrogen-bond acceptors (Lipinski definition) is 6. The fourth-order valence-electron chi connectivity index (χ4n) is 2.17. The molecule has 0 atom stereocenters. The molecule has 0 aliphatic heterocycles. The first kappa shape index (κ1) is 17.8. The highest BCUT2D eigenvalue weighted by Crippen LogP contribution is 2.19. The number of amides is 1. The maximum absolute atomic E-state index is 12.0. The molecule has 0 unspecified atom stereocenters. The van der Waals surface area contributed by atoms with Crippen molar-refractivity contribution < 1.29 is 14.3 Å². The minimum absolute atomic E-state index is 0.00187. The number of hydrogen-bond donors (Lipinski definition) is 1. The van der Waals surface area contributed by atoms with E-state index in [1.807, 2.05) is 41.2 Å². The molecule has 0 fully saturated rings. The molecule has 0 aliphatic rings. The number of para-hydroxylation sites is 2. The van der Waals surface area contributed by atoms with Gasteiger partial charge in [0.05, 0.1) is 29.3 Å². The van der Waals surface area contributed by atoms with Gasteiger partial charge in [-0.1, -0.05) is 12.1 Å². The first-order valence-electron chi connectivity index (χ1n) is 7.38. The Morgan fingerprint density at radius 1 is 1.42 bits per heavy atom. The molecule has 8 heteroatoms. The summed E-state index contributed by atoms with van der Waals surface area (Å²) in [5.74, 6) is 0.546. The van der Waals surface area contributed by atoms with Crippen LogP contribution in [0, 0.1) is 11.3 Å². The molecule has 1 heterocycles. The third kappa shape index (κ3) is 4.73. The van der Waals surface area contributed by atoms with Gasteiger partial charge in [-0.05, 0) is 18.4 Å². The Morgan fingerprint density at radius 3 is 2.96 bits per heavy atom. The molecule has 0 bridgehead atoms. The molecule has 1 N–H and O–H groups in total. The molecule has 1 aromatic carbocycles. The highest BCUT2D eigenvalue weighted by Gasteiger charge is 2.14. The smallest absolute Gasteiger partial charge is 0.326 e. The van der Waals surface area contributed by atoms with Crippen LogP contribution in [0.5, 0.6) is 0 Å². The van der Waals surface area contributed by atoms with E-state index in [4.69, 9.17) is 10.00 Å². The van der Waals surface area contributed by atoms with Gasteiger partial charge in [-0.3, -0.25) is 9.59 Å². The topological polar surface area (TPSA) is 97.0 Å². The lowest BCUT2D eigenvalue weighted by Crippen LogP contribution is -2.30. The predicted molar refractivity (Wildman–Crippen MR) is 91.2 cm³/mol. The molecular weight excluding hydrogens is 328 g/mol. The lowest BCUT2D eigenvalue weighted by molar-refractivity contribution is -0.149. The fourth-order valence-corrected chi connectivity index (χ4v) is 2.65. The molecule has 2 aromatic rings. The number of imidazole rings is 1. The number of fused-ring (bicyclic) bond motifs is 1. The second-order valence-electron chi connectivity index (χ2n) is 4.95. The molecule has 0 spiro atoms. The summed E-state index contributed by atoms with van der Waals surface area (Å²) in [6.07, 6.45) is 2.19. The van der Waals surface area contributed by atoms with Gasteiger partial charge in [0.2, 0.25) is 0 Å². The average Bonchev–Trinajstić information content (AvgIpc) is 2.91. The predicted octanol–water partition coefficient (Wildman–Crippen LogP) is 1.47. The molecule has 2 rings (SSSR count). The summed E-state index contributed by atoms with van der Waals surface area (Å²) in [5, 5.41) is 10.9. The van der Waals surface area contributed by atoms with E-state index in [0.29, 0.717) is 5.75 Å². The Kier molecular flexibility index (Phi) is 6.63. The zero-order valence-corrected chi connectivity index (χ0v) is 14.1. The minimum Gasteiger partial charge on any atom is -0.454 e. The normalized spacial score (nSPS) is 10.3. The van der Waals surface area contributed by atoms with E-state index in [-0.39, 0.29) is 26.1 Å². The van der Waals surface area contributed by atoms with E-state index >= 15 is 0 Å². The average molecular weight is 346 g/mol. The number of thioether (sulfide) groups is 1. The van der Waals surface area contributed by atoms with Crippen LogP contribution in [0.2, 0.25) is 0 Å². The van der Waals surface area contributed by atoms with Crippen LogP contribution < -0.4 is 5.32 Å². The summed E-state index contributed by atoms with van der Waals surface area (Å²) in [6.45, 7) is -0.104. The zero-order valence-electron chi connectivity index (χ0n) is 13.3. The van der Waals surface area contributed by atoms with Gasteiger partial charge in [-0.15, -0.1) is 0 Å². The van der Waals surface area contributed by atoms with E-state index in [1.165, 1.54) is 0 Å². The number of rotatable bonds is 8. The van der Waals surface area contributed by atoms with Crippen LogP contribution in [0.15, 0.2) is 24.3 Å². The quantitative estimate of drug-likeness (QED) is 0.574. The summed E-state index contributed by atoms with van der Waals surface area (Å²) in [6, 6.07) is 9.49. The van der Waals surface area contributed by atoms with Gasteiger partial charge in [-0.2, -0.15) is 17.0 Å². The Hall–Kier alpha value is -2.53. The maximum Gasteiger partial charge on any atom is 0.326 e. The van der Waals surface area contributed by atoms with Crippen LogP contribution in [0.1, 0.15) is 12.2 Å². The van der Waals surface area contributed by atoms with Gasteiger partial charge in [-0.25, -0.2) is 4.98 Å². The number of ether oxygens (including phenoxy) is 1. The Morgan fingerprint density at radius 2 is 2.21 bits per heavy atom. The number of nitrogens with one attached hydrogen (secondary N) is 1. The lowest BCUT2D eigenvalue weighted by Gasteiger charge is -2.09. The van der Waals surface area contributed by atoms with Crippen LogP contribution in [0.25, 0.3) is 11.0 Å². The van der Waals surface area contributed by atoms with Crippen LogP contribution in [0.3, 0.4) is 0 Å². The van der Waals surface area contributed by atoms with Crippen molar-refractivity contribution in [1.29, 1.82) is 5.26 Å². The summed E-state index contributed by atoms with van der Waals surface area (Å²) >= 11 is 1.61. The molecule has 0 saturated carbocycles. The molecule has 126 valence electrons. The van der Waals surface area contributed by atoms with E-state index in [2.05, 4.69) is 10.3 Å². The standard InChI is InChI=1S/C16H18N4O3S/c1-24-11-14-19-12-5-2-3-6-13(12)20(14)9-16(22)23-10-15(21)18-8-4-7-17/h2-3,5-6H,4,8-11H2,1H3,(H,18,21). The van der Waals surface area contributed by atoms with E-state index in [1.54, 1.807) is 11.8 Å². The van der Waals surface area contributed by atoms with Crippen molar-refractivity contribution in [2.75, 3.05) is 19.4 Å². The summed E-state index contributed by atoms with van der Waals surface area (Å²) in [4.78, 5) is 28.0. The monoisotopic (exact) mass is 346 g/mol. The van der Waals surface area contributed by atoms with Crippen LogP contribution in [-0.4, -0.2) is 40.8 Å². The first-order chi connectivity index (χ1) is 11.7. The first-order valence-corrected chi connectivity index (χ1v) is 8.77. The highest BCUT2D eigenvalue weighted by molar-refractivity contribution is 7.97. The Bertz CT molecular complexity index is 766. The van der Waals surface area contributed by atoms with E-state index in [0.717, 1.165) is 16.9 Å². The number of carbonyl (C=O) groups is 2. The van der Waals surface area contributed by atoms with Crippen molar-refractivity contribution in [3.8, 4) is 6.07 Å². The van der Waals surface area contributed by atoms with E-state index in [9.17, 15) is 9.59 Å². The van der Waals surface area contributed by atoms with Gasteiger partial charge < -0.3 is 14.6 Å². The highest BCUT2D eigenvalue weighted by atomic mass is 32.2. The molecule has 7 nitrogen and oxygen atoms in total. The second kappa shape index (κ2) is 8.93. The van der Waals surface area contributed by atoms with Gasteiger partial charge >= 0.3 is 5.97 Å². The van der Waals surface area contributed by atoms with Crippen molar-refractivity contribution in [2.45, 2.75) is 18.7 Å². The SMILES string of the molecule is CSCc1nc2ccccc2n1CC(=O)OCC(=O)NCCC#N. The van der Waals surface area contributed by atoms with Crippen molar-refractivity contribution in [3.05, 3.63) is 30.1 Å². The molecule has 0 saturated heterocycles. The van der Waals surface area contributed by atoms with Crippen LogP contribution in [0.4, 0.5) is 0 Å². The minimum atomic E-state index is -0.504. The van der Waals surface area contributed by atoms with Gasteiger partial charge in [0, 0.05) is 6.54 Å². The summed E-state index contributed by atoms with van der Waals surface area (Å²) < 4.78 is 6.81. The van der Waals surface area contributed by atoms with E-state index < -0.39 is 11.9 Å². The molecular formula is C16H18N4O3S. The summed E-state index contributed by atoms with van der Waals surface area (Å²) in [5.41, 5.74) is 1.68. The zero-order chi connectivity index (χ0) is 17.4. The lowest BCUT2D eigenvalue weighted by atomic mass is 10.3. The fraction of sp³-hybridized carbons (Fsp3) is 0.375. The molecule has 0 radical (unpaired) electrons. The van der Waals surface area contributed by atoms with Crippen molar-refractivity contribution >= 4 is 34.7 Å². The van der Waals surface area contributed by atoms with Crippen LogP contribution >= 0.6 is 11.8 Å². The molecule has 24 heavy (non-hydrogen) atoms. The third-order valence-electron chi connectivity index (χ3n) is 3.22. The van der Waals surface area contributed by atoms with Crippen LogP contribution in [-0.2, 0) is 26.6 Å². The Labute approximate surface area is 144 Å². The summed E-state index contributed by atoms with van der Waals surface area (Å²) in [7, 11) is 0. The maximum atomic E-state index is 12.0. The number of benzene rings is 1. The van der Waals surface area contributed by atoms with Crippen molar-refractivity contribution in [3.63, 3.8) is 0 Å². The number of esters is 1. The second-order valence-corrected chi connectivity index (χ2v) is 5.82. The molecule has 1 amide bonds. The van der Waals surface area contributed by atoms with Crippen molar-refractivity contribution in [1.82, 2.24) is 14.9 Å². The Balaban J connectivity index is 1.98. The largest absolute Gasteiger partial charge is 0.454 e. The molecule has 1 aromatic heterocycles. The number of nitrogens with zero attached hydrogens (tertiary/aromatic N) is 3. The number of carbonyl (C=O) groups excluding carboxylic acids is 2. The van der Waals surface area contributed by atoms with Crippen molar-refractivity contribution in [2.24, 2.45) is 0 Å². The van der Waals surface area contributed by atoms with Gasteiger partial charge in [0.1, 0.15) is 12.4 Å². The third-order valence-corrected chi connectivity index (χ3v) is 3.76. The molecule has 0 aliphatic carbocycles. The van der Waals surface area contributed by atoms with Gasteiger partial charge in [0.15, 0.2) is 6.61 Å². The number of nitriles is 1. The van der Waals surface area contributed by atoms with Gasteiger partial charge in [0.25, 0.3) is 5.91 Å².